The molecule has 2 unspecified atom stereocenters. The number of rotatable bonds is 3. The van der Waals surface area contributed by atoms with E-state index in [2.05, 4.69) is 5.32 Å². The predicted molar refractivity (Wildman–Crippen MR) is 87.1 cm³/mol. The van der Waals surface area contributed by atoms with Gasteiger partial charge in [0, 0.05) is 6.54 Å². The molecule has 1 aliphatic rings. The monoisotopic (exact) mass is 302 g/mol. The minimum atomic E-state index is -0.812. The summed E-state index contributed by atoms with van der Waals surface area (Å²) in [6, 6.07) is 9.38. The van der Waals surface area contributed by atoms with Gasteiger partial charge in [-0.3, -0.25) is 9.59 Å². The zero-order valence-electron chi connectivity index (χ0n) is 14.1. The molecule has 0 radical (unpaired) electrons. The van der Waals surface area contributed by atoms with Crippen molar-refractivity contribution < 1.29 is 9.59 Å². The van der Waals surface area contributed by atoms with Crippen molar-refractivity contribution in [2.24, 2.45) is 5.41 Å². The average Bonchev–Trinajstić information content (AvgIpc) is 2.44. The normalized spacial score (nSPS) is 26.0. The van der Waals surface area contributed by atoms with Gasteiger partial charge in [-0.1, -0.05) is 58.0 Å². The summed E-state index contributed by atoms with van der Waals surface area (Å²) in [7, 11) is 0. The molecular formula is C18H26N2O2. The fourth-order valence-electron chi connectivity index (χ4n) is 3.01. The molecule has 4 nitrogen and oxygen atoms in total. The Morgan fingerprint density at radius 2 is 1.77 bits per heavy atom. The predicted octanol–water partition coefficient (Wildman–Crippen LogP) is 2.73. The lowest BCUT2D eigenvalue weighted by atomic mass is 9.80. The fraction of sp³-hybridized carbons (Fsp3) is 0.556. The molecule has 4 heteroatoms. The number of carbonyl (C=O) groups is 2. The van der Waals surface area contributed by atoms with Crippen molar-refractivity contribution in [3.8, 4) is 0 Å². The number of nitrogens with zero attached hydrogens (tertiary/aromatic N) is 1. The molecule has 2 amide bonds. The highest BCUT2D eigenvalue weighted by molar-refractivity contribution is 5.99. The molecule has 1 aromatic carbocycles. The topological polar surface area (TPSA) is 49.4 Å². The Hall–Kier alpha value is -1.84. The lowest BCUT2D eigenvalue weighted by molar-refractivity contribution is -0.159. The number of nitrogens with one attached hydrogen (secondary N) is 1. The number of piperazine rings is 1. The fourth-order valence-corrected chi connectivity index (χ4v) is 3.01. The minimum Gasteiger partial charge on any atom is -0.340 e. The first-order valence-electron chi connectivity index (χ1n) is 7.86. The van der Waals surface area contributed by atoms with Crippen LogP contribution >= 0.6 is 0 Å². The van der Waals surface area contributed by atoms with E-state index in [0.29, 0.717) is 13.0 Å². The molecule has 1 fully saturated rings. The Bertz CT molecular complexity index is 562. The quantitative estimate of drug-likeness (QED) is 0.933. The molecule has 1 saturated heterocycles. The average molecular weight is 302 g/mol. The van der Waals surface area contributed by atoms with Crippen LogP contribution in [0.4, 0.5) is 0 Å². The summed E-state index contributed by atoms with van der Waals surface area (Å²) in [5.41, 5.74) is -0.0877. The maximum atomic E-state index is 13.0. The van der Waals surface area contributed by atoms with E-state index in [0.717, 1.165) is 5.56 Å². The van der Waals surface area contributed by atoms with Gasteiger partial charge < -0.3 is 10.2 Å². The third kappa shape index (κ3) is 3.01. The van der Waals surface area contributed by atoms with E-state index in [-0.39, 0.29) is 17.2 Å². The number of amides is 2. The van der Waals surface area contributed by atoms with Crippen LogP contribution in [-0.2, 0) is 16.1 Å². The smallest absolute Gasteiger partial charge is 0.249 e. The first kappa shape index (κ1) is 16.5. The highest BCUT2D eigenvalue weighted by Gasteiger charge is 2.50. The molecule has 1 aliphatic heterocycles. The lowest BCUT2D eigenvalue weighted by Gasteiger charge is -2.48. The van der Waals surface area contributed by atoms with Gasteiger partial charge in [-0.2, -0.15) is 0 Å². The largest absolute Gasteiger partial charge is 0.340 e. The van der Waals surface area contributed by atoms with Crippen molar-refractivity contribution in [3.05, 3.63) is 35.9 Å². The molecule has 1 heterocycles. The van der Waals surface area contributed by atoms with Crippen molar-refractivity contribution in [2.75, 3.05) is 0 Å². The summed E-state index contributed by atoms with van der Waals surface area (Å²) >= 11 is 0. The van der Waals surface area contributed by atoms with Crippen molar-refractivity contribution in [2.45, 2.75) is 59.2 Å². The van der Waals surface area contributed by atoms with Gasteiger partial charge in [0.15, 0.2) is 0 Å². The van der Waals surface area contributed by atoms with Crippen LogP contribution < -0.4 is 5.32 Å². The van der Waals surface area contributed by atoms with Crippen molar-refractivity contribution in [1.29, 1.82) is 0 Å². The molecule has 1 aromatic rings. The first-order chi connectivity index (χ1) is 10.2. The summed E-state index contributed by atoms with van der Waals surface area (Å²) in [6.07, 6.45) is 0.583. The van der Waals surface area contributed by atoms with Crippen LogP contribution in [0.2, 0.25) is 0 Å². The van der Waals surface area contributed by atoms with Gasteiger partial charge in [0.25, 0.3) is 0 Å². The van der Waals surface area contributed by atoms with Crippen LogP contribution in [0, 0.1) is 5.41 Å². The van der Waals surface area contributed by atoms with Gasteiger partial charge in [0.05, 0.1) is 0 Å². The Balaban J connectivity index is 2.41. The van der Waals surface area contributed by atoms with Gasteiger partial charge >= 0.3 is 0 Å². The maximum Gasteiger partial charge on any atom is 0.249 e. The number of benzene rings is 1. The van der Waals surface area contributed by atoms with E-state index < -0.39 is 11.6 Å². The van der Waals surface area contributed by atoms with Gasteiger partial charge in [0.2, 0.25) is 11.8 Å². The maximum absolute atomic E-state index is 13.0. The van der Waals surface area contributed by atoms with E-state index in [4.69, 9.17) is 0 Å². The van der Waals surface area contributed by atoms with Crippen LogP contribution in [0.5, 0.6) is 0 Å². The first-order valence-corrected chi connectivity index (χ1v) is 7.86. The van der Waals surface area contributed by atoms with Crippen molar-refractivity contribution >= 4 is 11.8 Å². The lowest BCUT2D eigenvalue weighted by Crippen LogP contribution is -2.71. The van der Waals surface area contributed by atoms with Gasteiger partial charge in [-0.25, -0.2) is 0 Å². The van der Waals surface area contributed by atoms with E-state index in [1.165, 1.54) is 0 Å². The molecule has 2 atom stereocenters. The number of carbonyl (C=O) groups excluding carboxylic acids is 2. The Labute approximate surface area is 132 Å². The molecule has 1 N–H and O–H groups in total. The summed E-state index contributed by atoms with van der Waals surface area (Å²) in [5.74, 6) is -0.0641. The molecular weight excluding hydrogens is 276 g/mol. The van der Waals surface area contributed by atoms with E-state index in [1.807, 2.05) is 65.0 Å². The zero-order chi connectivity index (χ0) is 16.5. The molecule has 0 bridgehead atoms. The van der Waals surface area contributed by atoms with Crippen LogP contribution in [0.1, 0.15) is 46.6 Å². The van der Waals surface area contributed by atoms with Crippen LogP contribution in [-0.4, -0.2) is 28.3 Å². The van der Waals surface area contributed by atoms with Gasteiger partial charge in [-0.15, -0.1) is 0 Å². The van der Waals surface area contributed by atoms with Gasteiger partial charge in [-0.05, 0) is 24.3 Å². The summed E-state index contributed by atoms with van der Waals surface area (Å²) in [5, 5.41) is 2.93. The highest BCUT2D eigenvalue weighted by Crippen LogP contribution is 2.32. The summed E-state index contributed by atoms with van der Waals surface area (Å²) in [6.45, 7) is 10.2. The Kier molecular flexibility index (Phi) is 4.32. The SMILES string of the molecule is CCC1(C)NC(=O)C(C(C)(C)C)N(Cc2ccccc2)C1=O. The Morgan fingerprint density at radius 1 is 1.18 bits per heavy atom. The second-order valence-corrected chi connectivity index (χ2v) is 7.36. The van der Waals surface area contributed by atoms with E-state index in [9.17, 15) is 9.59 Å². The van der Waals surface area contributed by atoms with E-state index in [1.54, 1.807) is 4.90 Å². The minimum absolute atomic E-state index is 0.00150. The second kappa shape index (κ2) is 5.75. The van der Waals surface area contributed by atoms with E-state index >= 15 is 0 Å². The van der Waals surface area contributed by atoms with Crippen LogP contribution in [0.25, 0.3) is 0 Å². The van der Waals surface area contributed by atoms with Gasteiger partial charge in [0.1, 0.15) is 11.6 Å². The molecule has 0 saturated carbocycles. The summed E-state index contributed by atoms with van der Waals surface area (Å²) < 4.78 is 0. The zero-order valence-corrected chi connectivity index (χ0v) is 14.1. The Morgan fingerprint density at radius 3 is 2.27 bits per heavy atom. The van der Waals surface area contributed by atoms with Crippen molar-refractivity contribution in [1.82, 2.24) is 10.2 Å². The number of hydrogen-bond donors (Lipinski definition) is 1. The summed E-state index contributed by atoms with van der Waals surface area (Å²) in [4.78, 5) is 27.4. The molecule has 22 heavy (non-hydrogen) atoms. The molecule has 2 rings (SSSR count). The highest BCUT2D eigenvalue weighted by atomic mass is 16.2. The molecule has 0 spiro atoms. The van der Waals surface area contributed by atoms with Crippen molar-refractivity contribution in [3.63, 3.8) is 0 Å². The molecule has 0 aromatic heterocycles. The third-order valence-electron chi connectivity index (χ3n) is 4.42. The van der Waals surface area contributed by atoms with Crippen LogP contribution in [0.3, 0.4) is 0 Å². The second-order valence-electron chi connectivity index (χ2n) is 7.36. The molecule has 120 valence electrons. The number of hydrogen-bond acceptors (Lipinski definition) is 2. The standard InChI is InChI=1S/C18H26N2O2/c1-6-18(5)16(22)20(12-13-10-8-7-9-11-13)14(15(21)19-18)17(2,3)4/h7-11,14H,6,12H2,1-5H3,(H,19,21). The third-order valence-corrected chi connectivity index (χ3v) is 4.42. The molecule has 0 aliphatic carbocycles. The van der Waals surface area contributed by atoms with Crippen LogP contribution in [0.15, 0.2) is 30.3 Å².